The smallest absolute Gasteiger partial charge is 0.322 e. The molecule has 0 fully saturated rings. The number of benzene rings is 1. The number of anilines is 1. The summed E-state index contributed by atoms with van der Waals surface area (Å²) >= 11 is 11.7. The van der Waals surface area contributed by atoms with E-state index in [-0.39, 0.29) is 6.01 Å². The predicted molar refractivity (Wildman–Crippen MR) is 73.2 cm³/mol. The lowest BCUT2D eigenvalue weighted by Gasteiger charge is -1.98. The monoisotopic (exact) mass is 297 g/mol. The standard InChI is InChI=1S/C12H9Cl2N3O2/c1-7-16-17-12(19-7)15-11(18)5-3-8-2-4-9(13)6-10(8)14/h2-6H,1H3,(H,15,17,18). The summed E-state index contributed by atoms with van der Waals surface area (Å²) in [7, 11) is 0. The van der Waals surface area contributed by atoms with Crippen LogP contribution in [0.2, 0.25) is 10.0 Å². The highest BCUT2D eigenvalue weighted by Crippen LogP contribution is 2.21. The first-order chi connectivity index (χ1) is 9.04. The summed E-state index contributed by atoms with van der Waals surface area (Å²) in [6.45, 7) is 1.63. The Morgan fingerprint density at radius 3 is 2.79 bits per heavy atom. The third-order valence-electron chi connectivity index (χ3n) is 2.13. The summed E-state index contributed by atoms with van der Waals surface area (Å²) in [5.74, 6) is -0.0188. The number of aryl methyl sites for hydroxylation is 1. The fourth-order valence-corrected chi connectivity index (χ4v) is 1.77. The van der Waals surface area contributed by atoms with Gasteiger partial charge in [0.25, 0.3) is 5.91 Å². The van der Waals surface area contributed by atoms with Gasteiger partial charge in [-0.05, 0) is 23.8 Å². The Hall–Kier alpha value is -1.85. The van der Waals surface area contributed by atoms with Gasteiger partial charge < -0.3 is 4.42 Å². The van der Waals surface area contributed by atoms with Crippen molar-refractivity contribution in [1.29, 1.82) is 0 Å². The molecule has 0 spiro atoms. The number of hydrogen-bond donors (Lipinski definition) is 1. The Bertz CT molecular complexity index is 638. The summed E-state index contributed by atoms with van der Waals surface area (Å²) in [5, 5.41) is 10.7. The second-order valence-electron chi connectivity index (χ2n) is 3.61. The molecule has 0 aliphatic heterocycles. The topological polar surface area (TPSA) is 68.0 Å². The molecule has 7 heteroatoms. The van der Waals surface area contributed by atoms with Crippen LogP contribution in [0.4, 0.5) is 6.01 Å². The first kappa shape index (κ1) is 13.6. The molecular formula is C12H9Cl2N3O2. The highest BCUT2D eigenvalue weighted by molar-refractivity contribution is 6.35. The zero-order valence-corrected chi connectivity index (χ0v) is 11.4. The van der Waals surface area contributed by atoms with E-state index in [0.717, 1.165) is 0 Å². The number of amides is 1. The second-order valence-corrected chi connectivity index (χ2v) is 4.46. The van der Waals surface area contributed by atoms with E-state index < -0.39 is 5.91 Å². The average molecular weight is 298 g/mol. The van der Waals surface area contributed by atoms with Crippen LogP contribution in [-0.2, 0) is 4.79 Å². The molecule has 98 valence electrons. The summed E-state index contributed by atoms with van der Waals surface area (Å²) < 4.78 is 5.01. The molecule has 0 aliphatic carbocycles. The molecule has 0 bridgehead atoms. The number of carbonyl (C=O) groups is 1. The van der Waals surface area contributed by atoms with Crippen LogP contribution in [0.15, 0.2) is 28.7 Å². The van der Waals surface area contributed by atoms with Gasteiger partial charge in [0.15, 0.2) is 0 Å². The lowest BCUT2D eigenvalue weighted by atomic mass is 10.2. The Kier molecular flexibility index (Phi) is 4.19. The first-order valence-corrected chi connectivity index (χ1v) is 6.04. The number of nitrogens with zero attached hydrogens (tertiary/aromatic N) is 2. The van der Waals surface area contributed by atoms with Gasteiger partial charge in [0.2, 0.25) is 5.89 Å². The van der Waals surface area contributed by atoms with Crippen molar-refractivity contribution in [2.24, 2.45) is 0 Å². The van der Waals surface area contributed by atoms with Gasteiger partial charge in [-0.1, -0.05) is 34.4 Å². The number of aromatic nitrogens is 2. The normalized spacial score (nSPS) is 10.9. The van der Waals surface area contributed by atoms with Crippen LogP contribution in [0, 0.1) is 6.92 Å². The first-order valence-electron chi connectivity index (χ1n) is 5.29. The van der Waals surface area contributed by atoms with Gasteiger partial charge in [-0.25, -0.2) is 0 Å². The van der Waals surface area contributed by atoms with Gasteiger partial charge in [0.05, 0.1) is 0 Å². The molecule has 0 aliphatic rings. The Labute approximate surface area is 119 Å². The van der Waals surface area contributed by atoms with Gasteiger partial charge in [-0.15, -0.1) is 5.10 Å². The molecule has 0 saturated carbocycles. The third kappa shape index (κ3) is 3.81. The number of rotatable bonds is 3. The highest BCUT2D eigenvalue weighted by atomic mass is 35.5. The van der Waals surface area contributed by atoms with Crippen LogP contribution >= 0.6 is 23.2 Å². The minimum absolute atomic E-state index is 0.0503. The van der Waals surface area contributed by atoms with Crippen molar-refractivity contribution in [2.75, 3.05) is 5.32 Å². The maximum absolute atomic E-state index is 11.6. The number of hydrogen-bond acceptors (Lipinski definition) is 4. The number of carbonyl (C=O) groups excluding carboxylic acids is 1. The highest BCUT2D eigenvalue weighted by Gasteiger charge is 2.05. The van der Waals surface area contributed by atoms with Gasteiger partial charge in [-0.2, -0.15) is 0 Å². The minimum Gasteiger partial charge on any atom is -0.408 e. The molecule has 1 aromatic heterocycles. The molecule has 1 amide bonds. The molecule has 0 atom stereocenters. The van der Waals surface area contributed by atoms with Crippen LogP contribution in [0.25, 0.3) is 6.08 Å². The van der Waals surface area contributed by atoms with E-state index in [2.05, 4.69) is 15.5 Å². The van der Waals surface area contributed by atoms with Crippen LogP contribution in [-0.4, -0.2) is 16.1 Å². The van der Waals surface area contributed by atoms with E-state index >= 15 is 0 Å². The van der Waals surface area contributed by atoms with Crippen LogP contribution in [0.3, 0.4) is 0 Å². The van der Waals surface area contributed by atoms with Crippen molar-refractivity contribution in [3.63, 3.8) is 0 Å². The molecule has 2 rings (SSSR count). The number of nitrogens with one attached hydrogen (secondary N) is 1. The number of halogens is 2. The summed E-state index contributed by atoms with van der Waals surface area (Å²) in [6, 6.07) is 5.05. The van der Waals surface area contributed by atoms with Crippen LogP contribution < -0.4 is 5.32 Å². The van der Waals surface area contributed by atoms with E-state index in [1.807, 2.05) is 0 Å². The van der Waals surface area contributed by atoms with Gasteiger partial charge in [-0.3, -0.25) is 10.1 Å². The van der Waals surface area contributed by atoms with Gasteiger partial charge in [0.1, 0.15) is 0 Å². The molecule has 19 heavy (non-hydrogen) atoms. The Balaban J connectivity index is 2.03. The molecule has 1 heterocycles. The molecule has 0 saturated heterocycles. The SMILES string of the molecule is Cc1nnc(NC(=O)C=Cc2ccc(Cl)cc2Cl)o1. The molecule has 2 aromatic rings. The van der Waals surface area contributed by atoms with Crippen molar-refractivity contribution in [2.45, 2.75) is 6.92 Å². The maximum Gasteiger partial charge on any atom is 0.322 e. The fourth-order valence-electron chi connectivity index (χ4n) is 1.30. The Morgan fingerprint density at radius 2 is 2.16 bits per heavy atom. The van der Waals surface area contributed by atoms with Crippen molar-refractivity contribution < 1.29 is 9.21 Å². The predicted octanol–water partition coefficient (Wildman–Crippen LogP) is 3.34. The van der Waals surface area contributed by atoms with E-state index in [1.165, 1.54) is 6.08 Å². The van der Waals surface area contributed by atoms with Crippen molar-refractivity contribution in [3.8, 4) is 0 Å². The minimum atomic E-state index is -0.394. The summed E-state index contributed by atoms with van der Waals surface area (Å²) in [6.07, 6.45) is 2.88. The summed E-state index contributed by atoms with van der Waals surface area (Å²) in [4.78, 5) is 11.6. The van der Waals surface area contributed by atoms with Gasteiger partial charge in [0, 0.05) is 23.0 Å². The second kappa shape index (κ2) is 5.86. The Morgan fingerprint density at radius 1 is 1.37 bits per heavy atom. The molecule has 0 radical (unpaired) electrons. The quantitative estimate of drug-likeness (QED) is 0.882. The molecule has 1 aromatic carbocycles. The maximum atomic E-state index is 11.6. The lowest BCUT2D eigenvalue weighted by molar-refractivity contribution is -0.112. The van der Waals surface area contributed by atoms with Crippen molar-refractivity contribution in [1.82, 2.24) is 10.2 Å². The van der Waals surface area contributed by atoms with E-state index in [9.17, 15) is 4.79 Å². The molecule has 5 nitrogen and oxygen atoms in total. The van der Waals surface area contributed by atoms with Crippen LogP contribution in [0.1, 0.15) is 11.5 Å². The summed E-state index contributed by atoms with van der Waals surface area (Å²) in [5.41, 5.74) is 0.683. The van der Waals surface area contributed by atoms with Crippen LogP contribution in [0.5, 0.6) is 0 Å². The van der Waals surface area contributed by atoms with E-state index in [1.54, 1.807) is 31.2 Å². The molecule has 1 N–H and O–H groups in total. The average Bonchev–Trinajstić information content (AvgIpc) is 2.73. The zero-order valence-electron chi connectivity index (χ0n) is 9.85. The van der Waals surface area contributed by atoms with E-state index in [4.69, 9.17) is 27.6 Å². The van der Waals surface area contributed by atoms with Gasteiger partial charge >= 0.3 is 6.01 Å². The molecular weight excluding hydrogens is 289 g/mol. The zero-order chi connectivity index (χ0) is 13.8. The van der Waals surface area contributed by atoms with Crippen molar-refractivity contribution in [3.05, 3.63) is 45.8 Å². The third-order valence-corrected chi connectivity index (χ3v) is 2.70. The molecule has 0 unspecified atom stereocenters. The van der Waals surface area contributed by atoms with Crippen molar-refractivity contribution >= 4 is 41.2 Å². The largest absolute Gasteiger partial charge is 0.408 e. The fraction of sp³-hybridized carbons (Fsp3) is 0.0833. The lowest BCUT2D eigenvalue weighted by Crippen LogP contribution is -2.07. The van der Waals surface area contributed by atoms with E-state index in [0.29, 0.717) is 21.5 Å².